The summed E-state index contributed by atoms with van der Waals surface area (Å²) in [5, 5.41) is 0. The van der Waals surface area contributed by atoms with Gasteiger partial charge in [0.15, 0.2) is 0 Å². The fraction of sp³-hybridized carbons (Fsp3) is 0.667. The normalized spacial score (nSPS) is 22.6. The van der Waals surface area contributed by atoms with Gasteiger partial charge < -0.3 is 0 Å². The molecule has 1 rings (SSSR count). The van der Waals surface area contributed by atoms with Gasteiger partial charge in [-0.2, -0.15) is 0 Å². The molecule has 0 saturated carbocycles. The molecule has 0 unspecified atom stereocenters. The summed E-state index contributed by atoms with van der Waals surface area (Å²) in [6, 6.07) is 0. The summed E-state index contributed by atoms with van der Waals surface area (Å²) >= 11 is 0. The van der Waals surface area contributed by atoms with E-state index in [1.54, 1.807) is 11.1 Å². The van der Waals surface area contributed by atoms with Gasteiger partial charge in [0.2, 0.25) is 0 Å². The fourth-order valence-electron chi connectivity index (χ4n) is 2.27. The van der Waals surface area contributed by atoms with E-state index >= 15 is 0 Å². The van der Waals surface area contributed by atoms with Crippen LogP contribution < -0.4 is 0 Å². The van der Waals surface area contributed by atoms with Crippen molar-refractivity contribution in [1.29, 1.82) is 0 Å². The van der Waals surface area contributed by atoms with Crippen molar-refractivity contribution in [3.63, 3.8) is 0 Å². The highest BCUT2D eigenvalue weighted by Crippen LogP contribution is 2.41. The zero-order valence-corrected chi connectivity index (χ0v) is 8.61. The molecule has 0 saturated heterocycles. The van der Waals surface area contributed by atoms with Crippen LogP contribution in [0.1, 0.15) is 46.5 Å². The van der Waals surface area contributed by atoms with Gasteiger partial charge in [-0.1, -0.05) is 31.1 Å². The second kappa shape index (κ2) is 3.47. The minimum absolute atomic E-state index is 0.427. The third-order valence-corrected chi connectivity index (χ3v) is 3.03. The van der Waals surface area contributed by atoms with Gasteiger partial charge in [0, 0.05) is 0 Å². The Labute approximate surface area is 76.4 Å². The first-order valence-corrected chi connectivity index (χ1v) is 4.88. The molecule has 68 valence electrons. The Bertz CT molecular complexity index is 206. The summed E-state index contributed by atoms with van der Waals surface area (Å²) < 4.78 is 0. The van der Waals surface area contributed by atoms with Crippen LogP contribution in [-0.4, -0.2) is 0 Å². The highest BCUT2D eigenvalue weighted by atomic mass is 14.3. The maximum Gasteiger partial charge on any atom is -0.0134 e. The molecule has 0 fully saturated rings. The van der Waals surface area contributed by atoms with Crippen LogP contribution >= 0.6 is 0 Å². The summed E-state index contributed by atoms with van der Waals surface area (Å²) in [5.41, 5.74) is 3.66. The lowest BCUT2D eigenvalue weighted by molar-refractivity contribution is 0.361. The third-order valence-electron chi connectivity index (χ3n) is 3.03. The number of rotatable bonds is 2. The van der Waals surface area contributed by atoms with E-state index in [-0.39, 0.29) is 0 Å². The van der Waals surface area contributed by atoms with Gasteiger partial charge in [-0.15, -0.1) is 6.58 Å². The van der Waals surface area contributed by atoms with Crippen LogP contribution in [0.25, 0.3) is 0 Å². The minimum atomic E-state index is 0.427. The van der Waals surface area contributed by atoms with Crippen LogP contribution in [0, 0.1) is 5.41 Å². The van der Waals surface area contributed by atoms with Gasteiger partial charge in [-0.3, -0.25) is 0 Å². The van der Waals surface area contributed by atoms with Crippen LogP contribution in [0.3, 0.4) is 0 Å². The lowest BCUT2D eigenvalue weighted by atomic mass is 9.71. The van der Waals surface area contributed by atoms with Crippen molar-refractivity contribution in [3.8, 4) is 0 Å². The summed E-state index contributed by atoms with van der Waals surface area (Å²) in [4.78, 5) is 0. The molecule has 0 aromatic rings. The smallest absolute Gasteiger partial charge is 0.0134 e. The predicted octanol–water partition coefficient (Wildman–Crippen LogP) is 4.09. The van der Waals surface area contributed by atoms with Gasteiger partial charge in [0.25, 0.3) is 0 Å². The molecule has 1 aliphatic carbocycles. The first-order valence-electron chi connectivity index (χ1n) is 4.88. The third kappa shape index (κ3) is 1.80. The Balaban J connectivity index is 2.91. The van der Waals surface area contributed by atoms with E-state index in [2.05, 4.69) is 27.4 Å². The molecule has 0 heteroatoms. The second-order valence-electron chi connectivity index (χ2n) is 4.49. The van der Waals surface area contributed by atoms with Gasteiger partial charge in [0.05, 0.1) is 0 Å². The Hall–Kier alpha value is -0.520. The Kier molecular flexibility index (Phi) is 2.76. The first-order chi connectivity index (χ1) is 5.58. The van der Waals surface area contributed by atoms with Crippen LogP contribution in [0.4, 0.5) is 0 Å². The fourth-order valence-corrected chi connectivity index (χ4v) is 2.27. The van der Waals surface area contributed by atoms with Crippen LogP contribution in [0.15, 0.2) is 23.8 Å². The van der Waals surface area contributed by atoms with Crippen molar-refractivity contribution < 1.29 is 0 Å². The SMILES string of the molecule is C=CCC1=C(C)CCCC1(C)C. The Morgan fingerprint density at radius 3 is 2.67 bits per heavy atom. The van der Waals surface area contributed by atoms with E-state index in [1.165, 1.54) is 19.3 Å². The minimum Gasteiger partial charge on any atom is -0.103 e. The molecule has 12 heavy (non-hydrogen) atoms. The van der Waals surface area contributed by atoms with E-state index < -0.39 is 0 Å². The summed E-state index contributed by atoms with van der Waals surface area (Å²) in [7, 11) is 0. The molecule has 0 heterocycles. The van der Waals surface area contributed by atoms with Crippen molar-refractivity contribution in [2.24, 2.45) is 5.41 Å². The molecule has 0 amide bonds. The Morgan fingerprint density at radius 1 is 1.50 bits per heavy atom. The zero-order chi connectivity index (χ0) is 9.19. The molecule has 0 radical (unpaired) electrons. The highest BCUT2D eigenvalue weighted by Gasteiger charge is 2.26. The first kappa shape index (κ1) is 9.57. The lowest BCUT2D eigenvalue weighted by Crippen LogP contribution is -2.19. The van der Waals surface area contributed by atoms with Crippen LogP contribution in [-0.2, 0) is 0 Å². The topological polar surface area (TPSA) is 0 Å². The molecule has 0 N–H and O–H groups in total. The van der Waals surface area contributed by atoms with E-state index in [4.69, 9.17) is 0 Å². The zero-order valence-electron chi connectivity index (χ0n) is 8.61. The van der Waals surface area contributed by atoms with Crippen molar-refractivity contribution >= 4 is 0 Å². The lowest BCUT2D eigenvalue weighted by Gasteiger charge is -2.34. The largest absolute Gasteiger partial charge is 0.103 e. The summed E-state index contributed by atoms with van der Waals surface area (Å²) in [6.07, 6.45) is 7.12. The maximum atomic E-state index is 3.82. The Morgan fingerprint density at radius 2 is 2.17 bits per heavy atom. The molecule has 0 aromatic carbocycles. The molecule has 0 aromatic heterocycles. The molecular weight excluding hydrogens is 144 g/mol. The number of hydrogen-bond acceptors (Lipinski definition) is 0. The van der Waals surface area contributed by atoms with Crippen LogP contribution in [0.2, 0.25) is 0 Å². The maximum absolute atomic E-state index is 3.82. The average molecular weight is 164 g/mol. The monoisotopic (exact) mass is 164 g/mol. The van der Waals surface area contributed by atoms with Gasteiger partial charge in [-0.05, 0) is 38.0 Å². The number of allylic oxidation sites excluding steroid dienone is 3. The summed E-state index contributed by atoms with van der Waals surface area (Å²) in [6.45, 7) is 10.8. The molecular formula is C12H20. The molecule has 0 aliphatic heterocycles. The molecule has 1 aliphatic rings. The van der Waals surface area contributed by atoms with Crippen molar-refractivity contribution in [1.82, 2.24) is 0 Å². The van der Waals surface area contributed by atoms with Crippen molar-refractivity contribution in [2.75, 3.05) is 0 Å². The standard InChI is InChI=1S/C12H20/c1-5-7-11-10(2)8-6-9-12(11,3)4/h5H,1,6-9H2,2-4H3. The van der Waals surface area contributed by atoms with Gasteiger partial charge >= 0.3 is 0 Å². The quantitative estimate of drug-likeness (QED) is 0.539. The molecule has 0 nitrogen and oxygen atoms in total. The van der Waals surface area contributed by atoms with E-state index in [9.17, 15) is 0 Å². The van der Waals surface area contributed by atoms with Crippen molar-refractivity contribution in [3.05, 3.63) is 23.8 Å². The second-order valence-corrected chi connectivity index (χ2v) is 4.49. The average Bonchev–Trinajstić information content (AvgIpc) is 1.97. The van der Waals surface area contributed by atoms with E-state index in [0.29, 0.717) is 5.41 Å². The summed E-state index contributed by atoms with van der Waals surface area (Å²) in [5.74, 6) is 0. The molecule has 0 spiro atoms. The van der Waals surface area contributed by atoms with E-state index in [1.807, 2.05) is 6.08 Å². The van der Waals surface area contributed by atoms with E-state index in [0.717, 1.165) is 6.42 Å². The van der Waals surface area contributed by atoms with Crippen LogP contribution in [0.5, 0.6) is 0 Å². The number of hydrogen-bond donors (Lipinski definition) is 0. The van der Waals surface area contributed by atoms with Crippen molar-refractivity contribution in [2.45, 2.75) is 46.5 Å². The predicted molar refractivity (Wildman–Crippen MR) is 55.1 cm³/mol. The molecule has 0 atom stereocenters. The van der Waals surface area contributed by atoms with Gasteiger partial charge in [0.1, 0.15) is 0 Å². The molecule has 0 bridgehead atoms. The van der Waals surface area contributed by atoms with Gasteiger partial charge in [-0.25, -0.2) is 0 Å². The highest BCUT2D eigenvalue weighted by molar-refractivity contribution is 5.24.